The van der Waals surface area contributed by atoms with Crippen LogP contribution in [0.25, 0.3) is 0 Å². The molecule has 0 fully saturated rings. The lowest BCUT2D eigenvalue weighted by molar-refractivity contribution is -0.133. The fourth-order valence-electron chi connectivity index (χ4n) is 2.27. The van der Waals surface area contributed by atoms with Crippen molar-refractivity contribution in [3.05, 3.63) is 48.6 Å². The Morgan fingerprint density at radius 2 is 0.562 bits per heavy atom. The Morgan fingerprint density at radius 1 is 0.417 bits per heavy atom. The van der Waals surface area contributed by atoms with E-state index in [1.165, 1.54) is 27.7 Å². The molecule has 14 nitrogen and oxygen atoms in total. The van der Waals surface area contributed by atoms with Gasteiger partial charge in [0.2, 0.25) is 0 Å². The topological polar surface area (TPSA) is 271 Å². The second-order valence-corrected chi connectivity index (χ2v) is 11.2. The molecule has 0 saturated heterocycles. The van der Waals surface area contributed by atoms with Crippen LogP contribution in [0.3, 0.4) is 0 Å². The van der Waals surface area contributed by atoms with Gasteiger partial charge in [-0.15, -0.1) is 0 Å². The normalized spacial score (nSPS) is 9.75. The van der Waals surface area contributed by atoms with Gasteiger partial charge in [0, 0.05) is 33.1 Å². The SMILES string of the molecule is C=C(C)C(=O)O.C=C(C)C(=O)O.C=C(C)C(=O)O.C=C(C)C(=O)O.CCCCCC(CO)(CO)CO.CCCCCC(CO)(CO)CO. The van der Waals surface area contributed by atoms with Crippen LogP contribution in [0.1, 0.15) is 92.9 Å². The highest BCUT2D eigenvalue weighted by molar-refractivity contribution is 5.85. The van der Waals surface area contributed by atoms with Crippen molar-refractivity contribution in [1.82, 2.24) is 0 Å². The molecule has 0 unspecified atom stereocenters. The molecule has 0 saturated carbocycles. The highest BCUT2D eigenvalue weighted by Crippen LogP contribution is 2.24. The molecule has 48 heavy (non-hydrogen) atoms. The highest BCUT2D eigenvalue weighted by Gasteiger charge is 2.27. The minimum atomic E-state index is -0.935. The summed E-state index contributed by atoms with van der Waals surface area (Å²) in [5, 5.41) is 85.3. The van der Waals surface area contributed by atoms with Crippen LogP contribution in [0.15, 0.2) is 48.6 Å². The Balaban J connectivity index is -0.000000114. The smallest absolute Gasteiger partial charge is 0.330 e. The zero-order chi connectivity index (χ0) is 39.5. The van der Waals surface area contributed by atoms with Crippen LogP contribution < -0.4 is 0 Å². The van der Waals surface area contributed by atoms with Crippen molar-refractivity contribution in [3.63, 3.8) is 0 Å². The lowest BCUT2D eigenvalue weighted by atomic mass is 9.85. The van der Waals surface area contributed by atoms with Gasteiger partial charge in [0.1, 0.15) is 0 Å². The Kier molecular flexibility index (Phi) is 43.2. The number of carboxylic acids is 4. The summed E-state index contributed by atoms with van der Waals surface area (Å²) in [6.07, 6.45) is 7.70. The quantitative estimate of drug-likeness (QED) is 0.0724. The predicted molar refractivity (Wildman–Crippen MR) is 185 cm³/mol. The maximum atomic E-state index is 9.60. The molecule has 10 N–H and O–H groups in total. The van der Waals surface area contributed by atoms with Gasteiger partial charge >= 0.3 is 23.9 Å². The van der Waals surface area contributed by atoms with Crippen LogP contribution in [0.5, 0.6) is 0 Å². The zero-order valence-electron chi connectivity index (χ0n) is 29.8. The van der Waals surface area contributed by atoms with E-state index in [1.54, 1.807) is 0 Å². The Hall–Kier alpha value is -3.40. The van der Waals surface area contributed by atoms with Gasteiger partial charge in [-0.2, -0.15) is 0 Å². The standard InChI is InChI=1S/2C9H20O3.4C4H6O2/c2*1-2-3-4-5-9(6-10,7-11)8-12;4*1-3(2)4(5)6/h2*10-12H,2-8H2,1H3;4*1H2,2H3,(H,5,6). The molecule has 0 aliphatic heterocycles. The van der Waals surface area contributed by atoms with Gasteiger partial charge in [0.05, 0.1) is 39.6 Å². The molecule has 0 bridgehead atoms. The fraction of sp³-hybridized carbons (Fsp3) is 0.647. The molecule has 0 radical (unpaired) electrons. The highest BCUT2D eigenvalue weighted by atomic mass is 16.4. The van der Waals surface area contributed by atoms with Gasteiger partial charge in [-0.3, -0.25) is 0 Å². The molecule has 0 atom stereocenters. The number of rotatable bonds is 18. The molecule has 0 spiro atoms. The largest absolute Gasteiger partial charge is 0.478 e. The first-order chi connectivity index (χ1) is 22.1. The van der Waals surface area contributed by atoms with E-state index in [1.807, 2.05) is 0 Å². The van der Waals surface area contributed by atoms with Gasteiger partial charge in [0.25, 0.3) is 0 Å². The summed E-state index contributed by atoms with van der Waals surface area (Å²) in [5.41, 5.74) is -0.611. The monoisotopic (exact) mass is 696 g/mol. The number of aliphatic hydroxyl groups excluding tert-OH is 6. The van der Waals surface area contributed by atoms with Crippen molar-refractivity contribution in [2.45, 2.75) is 92.9 Å². The third-order valence-electron chi connectivity index (χ3n) is 6.09. The van der Waals surface area contributed by atoms with Gasteiger partial charge < -0.3 is 51.1 Å². The van der Waals surface area contributed by atoms with E-state index in [-0.39, 0.29) is 61.9 Å². The van der Waals surface area contributed by atoms with Crippen LogP contribution in [-0.4, -0.2) is 115 Å². The first-order valence-corrected chi connectivity index (χ1v) is 15.3. The maximum Gasteiger partial charge on any atom is 0.330 e. The molecule has 284 valence electrons. The Labute approximate surface area is 286 Å². The van der Waals surface area contributed by atoms with E-state index in [2.05, 4.69) is 40.2 Å². The van der Waals surface area contributed by atoms with Gasteiger partial charge in [-0.1, -0.05) is 78.7 Å². The van der Waals surface area contributed by atoms with Crippen LogP contribution >= 0.6 is 0 Å². The molecule has 14 heteroatoms. The zero-order valence-corrected chi connectivity index (χ0v) is 29.8. The molecule has 0 aromatic carbocycles. The van der Waals surface area contributed by atoms with E-state index in [0.29, 0.717) is 12.8 Å². The van der Waals surface area contributed by atoms with E-state index < -0.39 is 34.7 Å². The third kappa shape index (κ3) is 40.6. The number of carbonyl (C=O) groups is 4. The summed E-state index contributed by atoms with van der Waals surface area (Å²) < 4.78 is 0. The van der Waals surface area contributed by atoms with Crippen molar-refractivity contribution in [1.29, 1.82) is 0 Å². The van der Waals surface area contributed by atoms with Crippen molar-refractivity contribution in [3.8, 4) is 0 Å². The molecule has 0 amide bonds. The second kappa shape index (κ2) is 36.4. The second-order valence-electron chi connectivity index (χ2n) is 11.2. The Morgan fingerprint density at radius 3 is 0.646 bits per heavy atom. The van der Waals surface area contributed by atoms with E-state index in [9.17, 15) is 19.2 Å². The number of hydrogen-bond donors (Lipinski definition) is 10. The van der Waals surface area contributed by atoms with Crippen molar-refractivity contribution in [2.75, 3.05) is 39.6 Å². The lowest BCUT2D eigenvalue weighted by Crippen LogP contribution is -2.33. The first-order valence-electron chi connectivity index (χ1n) is 15.3. The molecule has 0 aliphatic carbocycles. The van der Waals surface area contributed by atoms with E-state index in [4.69, 9.17) is 51.1 Å². The van der Waals surface area contributed by atoms with E-state index in [0.717, 1.165) is 38.5 Å². The summed E-state index contributed by atoms with van der Waals surface area (Å²) in [6, 6.07) is 0. The molecule has 0 aromatic heterocycles. The number of hydrogen-bond acceptors (Lipinski definition) is 10. The first kappa shape index (κ1) is 56.9. The molecule has 0 aliphatic rings. The summed E-state index contributed by atoms with van der Waals surface area (Å²) in [5.74, 6) is -3.74. The number of carboxylic acid groups (broad SMARTS) is 4. The van der Waals surface area contributed by atoms with Crippen molar-refractivity contribution < 1.29 is 70.2 Å². The number of unbranched alkanes of at least 4 members (excludes halogenated alkanes) is 4. The third-order valence-corrected chi connectivity index (χ3v) is 6.09. The molecule has 0 heterocycles. The van der Waals surface area contributed by atoms with Gasteiger partial charge in [-0.25, -0.2) is 19.2 Å². The average Bonchev–Trinajstić information content (AvgIpc) is 3.03. The molecular formula is C34H64O14. The van der Waals surface area contributed by atoms with Crippen molar-refractivity contribution in [2.24, 2.45) is 10.8 Å². The summed E-state index contributed by atoms with van der Waals surface area (Å²) in [6.45, 7) is 21.8. The summed E-state index contributed by atoms with van der Waals surface area (Å²) in [7, 11) is 0. The van der Waals surface area contributed by atoms with Crippen molar-refractivity contribution >= 4 is 23.9 Å². The van der Waals surface area contributed by atoms with Crippen LogP contribution in [0.2, 0.25) is 0 Å². The predicted octanol–water partition coefficient (Wildman–Crippen LogP) is 3.65. The lowest BCUT2D eigenvalue weighted by Gasteiger charge is -2.26. The maximum absolute atomic E-state index is 9.60. The summed E-state index contributed by atoms with van der Waals surface area (Å²) >= 11 is 0. The molecule has 0 aromatic rings. The minimum absolute atomic E-state index is 0.135. The van der Waals surface area contributed by atoms with E-state index >= 15 is 0 Å². The summed E-state index contributed by atoms with van der Waals surface area (Å²) in [4.78, 5) is 38.4. The van der Waals surface area contributed by atoms with Gasteiger partial charge in [-0.05, 0) is 40.5 Å². The van der Waals surface area contributed by atoms with Gasteiger partial charge in [0.15, 0.2) is 0 Å². The van der Waals surface area contributed by atoms with Crippen LogP contribution in [0, 0.1) is 10.8 Å². The van der Waals surface area contributed by atoms with Crippen LogP contribution in [-0.2, 0) is 19.2 Å². The Bertz CT molecular complexity index is 730. The number of aliphatic hydroxyl groups is 6. The van der Waals surface area contributed by atoms with Crippen LogP contribution in [0.4, 0.5) is 0 Å². The minimum Gasteiger partial charge on any atom is -0.478 e. The molecule has 0 rings (SSSR count). The number of aliphatic carboxylic acids is 4. The fourth-order valence-corrected chi connectivity index (χ4v) is 2.27. The molecular weight excluding hydrogens is 632 g/mol. The average molecular weight is 697 g/mol.